The Bertz CT molecular complexity index is 615. The molecule has 1 unspecified atom stereocenters. The fourth-order valence-corrected chi connectivity index (χ4v) is 2.26. The molecule has 2 aromatic rings. The summed E-state index contributed by atoms with van der Waals surface area (Å²) >= 11 is 0. The summed E-state index contributed by atoms with van der Waals surface area (Å²) in [6.45, 7) is 3.07. The predicted octanol–water partition coefficient (Wildman–Crippen LogP) is 3.44. The van der Waals surface area contributed by atoms with E-state index in [1.165, 1.54) is 17.2 Å². The molecule has 4 heteroatoms. The minimum absolute atomic E-state index is 0.347. The van der Waals surface area contributed by atoms with Crippen LogP contribution in [0.25, 0.3) is 0 Å². The summed E-state index contributed by atoms with van der Waals surface area (Å²) in [4.78, 5) is 1.95. The van der Waals surface area contributed by atoms with Gasteiger partial charge in [-0.3, -0.25) is 4.90 Å². The van der Waals surface area contributed by atoms with Crippen LogP contribution in [0.2, 0.25) is 0 Å². The quantitative estimate of drug-likeness (QED) is 0.912. The largest absolute Gasteiger partial charge is 0.387 e. The van der Waals surface area contributed by atoms with Gasteiger partial charge in [0.1, 0.15) is 0 Å². The number of rotatable bonds is 5. The standard InChI is InChI=1S/C17H19F2NO/c1-12-5-3-4-6-14(12)10-20(2)11-17(21)13-7-8-15(18)16(19)9-13/h3-9,17,21H,10-11H2,1-2H3. The molecular weight excluding hydrogens is 272 g/mol. The maximum absolute atomic E-state index is 13.2. The number of halogens is 2. The van der Waals surface area contributed by atoms with Gasteiger partial charge in [0.25, 0.3) is 0 Å². The van der Waals surface area contributed by atoms with Crippen LogP contribution >= 0.6 is 0 Å². The highest BCUT2D eigenvalue weighted by Gasteiger charge is 2.13. The lowest BCUT2D eigenvalue weighted by atomic mass is 10.1. The molecule has 2 nitrogen and oxygen atoms in total. The molecule has 21 heavy (non-hydrogen) atoms. The summed E-state index contributed by atoms with van der Waals surface area (Å²) in [6.07, 6.45) is -0.853. The average Bonchev–Trinajstić information content (AvgIpc) is 2.44. The van der Waals surface area contributed by atoms with Crippen molar-refractivity contribution >= 4 is 0 Å². The Labute approximate surface area is 123 Å². The number of aryl methyl sites for hydroxylation is 1. The molecule has 2 rings (SSSR count). The molecule has 1 N–H and O–H groups in total. The molecule has 0 heterocycles. The zero-order chi connectivity index (χ0) is 15.4. The summed E-state index contributed by atoms with van der Waals surface area (Å²) < 4.78 is 26.1. The number of nitrogens with zero attached hydrogens (tertiary/aromatic N) is 1. The highest BCUT2D eigenvalue weighted by molar-refractivity contribution is 5.25. The first-order chi connectivity index (χ1) is 9.97. The van der Waals surface area contributed by atoms with Gasteiger partial charge < -0.3 is 5.11 Å². The third-order valence-corrected chi connectivity index (χ3v) is 3.51. The Kier molecular flexibility index (Phi) is 5.04. The van der Waals surface area contributed by atoms with Crippen molar-refractivity contribution in [1.82, 2.24) is 4.90 Å². The fourth-order valence-electron chi connectivity index (χ4n) is 2.26. The lowest BCUT2D eigenvalue weighted by Crippen LogP contribution is -2.24. The second kappa shape index (κ2) is 6.78. The second-order valence-electron chi connectivity index (χ2n) is 5.31. The first-order valence-corrected chi connectivity index (χ1v) is 6.83. The summed E-state index contributed by atoms with van der Waals surface area (Å²) in [6, 6.07) is 11.5. The molecule has 1 atom stereocenters. The summed E-state index contributed by atoms with van der Waals surface area (Å²) in [5, 5.41) is 10.1. The van der Waals surface area contributed by atoms with Crippen LogP contribution in [0.3, 0.4) is 0 Å². The molecule has 112 valence electrons. The van der Waals surface area contributed by atoms with Crippen molar-refractivity contribution in [3.63, 3.8) is 0 Å². The Hall–Kier alpha value is -1.78. The van der Waals surface area contributed by atoms with Crippen molar-refractivity contribution in [2.45, 2.75) is 19.6 Å². The highest BCUT2D eigenvalue weighted by atomic mass is 19.2. The molecule has 0 amide bonds. The van der Waals surface area contributed by atoms with Gasteiger partial charge in [0.05, 0.1) is 6.10 Å². The van der Waals surface area contributed by atoms with E-state index in [2.05, 4.69) is 0 Å². The van der Waals surface area contributed by atoms with Gasteiger partial charge in [-0.05, 0) is 42.8 Å². The van der Waals surface area contributed by atoms with E-state index in [-0.39, 0.29) is 0 Å². The molecule has 0 spiro atoms. The minimum atomic E-state index is -0.937. The molecule has 0 fully saturated rings. The molecule has 0 radical (unpaired) electrons. The number of likely N-dealkylation sites (N-methyl/N-ethyl adjacent to an activating group) is 1. The molecule has 2 aromatic carbocycles. The van der Waals surface area contributed by atoms with Crippen molar-refractivity contribution in [2.75, 3.05) is 13.6 Å². The van der Waals surface area contributed by atoms with E-state index >= 15 is 0 Å². The molecule has 0 saturated carbocycles. The summed E-state index contributed by atoms with van der Waals surface area (Å²) in [5.41, 5.74) is 2.75. The van der Waals surface area contributed by atoms with Gasteiger partial charge in [0.15, 0.2) is 11.6 Å². The Balaban J connectivity index is 2.00. The molecule has 0 bridgehead atoms. The van der Waals surface area contributed by atoms with E-state index < -0.39 is 17.7 Å². The lowest BCUT2D eigenvalue weighted by Gasteiger charge is -2.21. The second-order valence-corrected chi connectivity index (χ2v) is 5.31. The minimum Gasteiger partial charge on any atom is -0.387 e. The fraction of sp³-hybridized carbons (Fsp3) is 0.294. The molecule has 0 aliphatic heterocycles. The number of hydrogen-bond acceptors (Lipinski definition) is 2. The maximum atomic E-state index is 13.2. The first-order valence-electron chi connectivity index (χ1n) is 6.83. The van der Waals surface area contributed by atoms with Crippen LogP contribution in [0, 0.1) is 18.6 Å². The molecule has 0 aliphatic carbocycles. The van der Waals surface area contributed by atoms with Gasteiger partial charge in [-0.25, -0.2) is 8.78 Å². The van der Waals surface area contributed by atoms with Crippen molar-refractivity contribution in [3.05, 3.63) is 70.8 Å². The zero-order valence-corrected chi connectivity index (χ0v) is 12.2. The van der Waals surface area contributed by atoms with Gasteiger partial charge in [-0.2, -0.15) is 0 Å². The number of benzene rings is 2. The SMILES string of the molecule is Cc1ccccc1CN(C)CC(O)c1ccc(F)c(F)c1. The normalized spacial score (nSPS) is 12.7. The molecule has 0 saturated heterocycles. The predicted molar refractivity (Wildman–Crippen MR) is 78.8 cm³/mol. The lowest BCUT2D eigenvalue weighted by molar-refractivity contribution is 0.123. The molecular formula is C17H19F2NO. The van der Waals surface area contributed by atoms with E-state index in [0.29, 0.717) is 18.7 Å². The van der Waals surface area contributed by atoms with E-state index in [0.717, 1.165) is 12.1 Å². The first kappa shape index (κ1) is 15.6. The van der Waals surface area contributed by atoms with Gasteiger partial charge in [-0.15, -0.1) is 0 Å². The third-order valence-electron chi connectivity index (χ3n) is 3.51. The van der Waals surface area contributed by atoms with Crippen LogP contribution in [0.4, 0.5) is 8.78 Å². The zero-order valence-electron chi connectivity index (χ0n) is 12.2. The smallest absolute Gasteiger partial charge is 0.159 e. The third kappa shape index (κ3) is 4.09. The Morgan fingerprint density at radius 1 is 1.10 bits per heavy atom. The van der Waals surface area contributed by atoms with E-state index in [9.17, 15) is 13.9 Å². The van der Waals surface area contributed by atoms with Crippen LogP contribution in [0.1, 0.15) is 22.8 Å². The van der Waals surface area contributed by atoms with Crippen molar-refractivity contribution < 1.29 is 13.9 Å². The number of hydrogen-bond donors (Lipinski definition) is 1. The van der Waals surface area contributed by atoms with Gasteiger partial charge in [0, 0.05) is 13.1 Å². The Morgan fingerprint density at radius 2 is 1.81 bits per heavy atom. The van der Waals surface area contributed by atoms with E-state index in [1.807, 2.05) is 43.1 Å². The Morgan fingerprint density at radius 3 is 2.48 bits per heavy atom. The van der Waals surface area contributed by atoms with Crippen molar-refractivity contribution in [3.8, 4) is 0 Å². The van der Waals surface area contributed by atoms with Gasteiger partial charge in [0.2, 0.25) is 0 Å². The highest BCUT2D eigenvalue weighted by Crippen LogP contribution is 2.18. The average molecular weight is 291 g/mol. The maximum Gasteiger partial charge on any atom is 0.159 e. The van der Waals surface area contributed by atoms with E-state index in [1.54, 1.807) is 0 Å². The number of aliphatic hydroxyl groups excluding tert-OH is 1. The van der Waals surface area contributed by atoms with Crippen molar-refractivity contribution in [1.29, 1.82) is 0 Å². The van der Waals surface area contributed by atoms with Crippen LogP contribution in [0.5, 0.6) is 0 Å². The van der Waals surface area contributed by atoms with Crippen molar-refractivity contribution in [2.24, 2.45) is 0 Å². The molecule has 0 aliphatic rings. The van der Waals surface area contributed by atoms with Gasteiger partial charge in [-0.1, -0.05) is 30.3 Å². The number of aliphatic hydroxyl groups is 1. The van der Waals surface area contributed by atoms with E-state index in [4.69, 9.17) is 0 Å². The monoisotopic (exact) mass is 291 g/mol. The van der Waals surface area contributed by atoms with Gasteiger partial charge >= 0.3 is 0 Å². The topological polar surface area (TPSA) is 23.5 Å². The van der Waals surface area contributed by atoms with Crippen LogP contribution in [-0.4, -0.2) is 23.6 Å². The summed E-state index contributed by atoms with van der Waals surface area (Å²) in [5.74, 6) is -1.84. The van der Waals surface area contributed by atoms with Crippen LogP contribution < -0.4 is 0 Å². The molecule has 0 aromatic heterocycles. The van der Waals surface area contributed by atoms with Crippen LogP contribution in [-0.2, 0) is 6.54 Å². The van der Waals surface area contributed by atoms with Crippen LogP contribution in [0.15, 0.2) is 42.5 Å². The summed E-state index contributed by atoms with van der Waals surface area (Å²) in [7, 11) is 1.88.